The van der Waals surface area contributed by atoms with Crippen molar-refractivity contribution >= 4 is 49.1 Å². The largest absolute Gasteiger partial charge is 0.352 e. The van der Waals surface area contributed by atoms with Gasteiger partial charge in [-0.15, -0.1) is 0 Å². The molecule has 0 heterocycles. The maximum absolute atomic E-state index is 13.9. The third kappa shape index (κ3) is 7.66. The summed E-state index contributed by atoms with van der Waals surface area (Å²) in [5, 5.41) is 14.1. The van der Waals surface area contributed by atoms with Gasteiger partial charge in [0.1, 0.15) is 12.6 Å². The molecule has 0 saturated carbocycles. The van der Waals surface area contributed by atoms with E-state index in [9.17, 15) is 28.1 Å². The number of rotatable bonds is 12. The van der Waals surface area contributed by atoms with E-state index in [0.717, 1.165) is 14.3 Å². The summed E-state index contributed by atoms with van der Waals surface area (Å²) < 4.78 is 29.2. The van der Waals surface area contributed by atoms with Gasteiger partial charge in [-0.25, -0.2) is 8.42 Å². The molecule has 0 unspecified atom stereocenters. The molecule has 12 heteroatoms. The summed E-state index contributed by atoms with van der Waals surface area (Å²) in [5.41, 5.74) is 0.583. The summed E-state index contributed by atoms with van der Waals surface area (Å²) in [5.74, 6) is -0.991. The highest BCUT2D eigenvalue weighted by molar-refractivity contribution is 9.10. The minimum absolute atomic E-state index is 0.0485. The first-order valence-electron chi connectivity index (χ1n) is 12.6. The zero-order chi connectivity index (χ0) is 29.4. The molecule has 0 aliphatic rings. The van der Waals surface area contributed by atoms with Crippen molar-refractivity contribution in [2.75, 3.05) is 10.8 Å². The fraction of sp³-hybridized carbons (Fsp3) is 0.286. The molecular formula is C28H31BrN4O6S. The molecule has 2 atom stereocenters. The minimum Gasteiger partial charge on any atom is -0.352 e. The van der Waals surface area contributed by atoms with Crippen LogP contribution in [0.5, 0.6) is 0 Å². The van der Waals surface area contributed by atoms with Gasteiger partial charge in [-0.2, -0.15) is 0 Å². The number of nitrogens with one attached hydrogen (secondary N) is 1. The third-order valence-corrected chi connectivity index (χ3v) is 8.65. The first kappa shape index (κ1) is 30.8. The minimum atomic E-state index is -4.26. The van der Waals surface area contributed by atoms with Crippen LogP contribution in [0, 0.1) is 10.1 Å². The molecule has 0 aliphatic heterocycles. The van der Waals surface area contributed by atoms with Crippen LogP contribution in [-0.4, -0.2) is 48.7 Å². The smallest absolute Gasteiger partial charge is 0.269 e. The molecule has 0 spiro atoms. The second-order valence-electron chi connectivity index (χ2n) is 9.24. The van der Waals surface area contributed by atoms with Gasteiger partial charge in [-0.1, -0.05) is 53.2 Å². The van der Waals surface area contributed by atoms with Gasteiger partial charge in [0.25, 0.3) is 15.7 Å². The Morgan fingerprint density at radius 1 is 1.00 bits per heavy atom. The van der Waals surface area contributed by atoms with Crippen molar-refractivity contribution < 1.29 is 22.9 Å². The molecular weight excluding hydrogens is 600 g/mol. The molecule has 212 valence electrons. The van der Waals surface area contributed by atoms with Crippen molar-refractivity contribution in [3.05, 3.63) is 99.0 Å². The van der Waals surface area contributed by atoms with Gasteiger partial charge in [0.05, 0.1) is 15.5 Å². The van der Waals surface area contributed by atoms with E-state index in [1.54, 1.807) is 37.3 Å². The number of anilines is 1. The molecule has 0 bridgehead atoms. The zero-order valence-electron chi connectivity index (χ0n) is 22.4. The summed E-state index contributed by atoms with van der Waals surface area (Å²) >= 11 is 3.42. The molecule has 0 saturated heterocycles. The Balaban J connectivity index is 2.03. The Hall–Kier alpha value is -3.77. The topological polar surface area (TPSA) is 130 Å². The van der Waals surface area contributed by atoms with Crippen LogP contribution in [0.25, 0.3) is 0 Å². The first-order chi connectivity index (χ1) is 18.9. The fourth-order valence-corrected chi connectivity index (χ4v) is 5.75. The number of nitro benzene ring substituents is 1. The van der Waals surface area contributed by atoms with Gasteiger partial charge in [0, 0.05) is 29.2 Å². The van der Waals surface area contributed by atoms with Crippen molar-refractivity contribution in [1.82, 2.24) is 10.2 Å². The molecule has 0 aromatic heterocycles. The van der Waals surface area contributed by atoms with Crippen molar-refractivity contribution in [2.24, 2.45) is 0 Å². The number of non-ortho nitro benzene ring substituents is 1. The van der Waals surface area contributed by atoms with Crippen LogP contribution < -0.4 is 9.62 Å². The van der Waals surface area contributed by atoms with Gasteiger partial charge < -0.3 is 10.2 Å². The Morgan fingerprint density at radius 2 is 1.65 bits per heavy atom. The molecule has 1 N–H and O–H groups in total. The monoisotopic (exact) mass is 630 g/mol. The first-order valence-corrected chi connectivity index (χ1v) is 14.8. The van der Waals surface area contributed by atoms with Crippen molar-refractivity contribution in [3.63, 3.8) is 0 Å². The van der Waals surface area contributed by atoms with Gasteiger partial charge >= 0.3 is 0 Å². The summed E-state index contributed by atoms with van der Waals surface area (Å²) in [7, 11) is -4.26. The number of benzene rings is 3. The molecule has 0 fully saturated rings. The summed E-state index contributed by atoms with van der Waals surface area (Å²) in [4.78, 5) is 38.8. The lowest BCUT2D eigenvalue weighted by molar-refractivity contribution is -0.384. The van der Waals surface area contributed by atoms with Gasteiger partial charge in [0.15, 0.2) is 0 Å². The number of hydrogen-bond acceptors (Lipinski definition) is 6. The van der Waals surface area contributed by atoms with Gasteiger partial charge in [-0.05, 0) is 62.2 Å². The fourth-order valence-electron chi connectivity index (χ4n) is 3.87. The molecule has 3 aromatic carbocycles. The van der Waals surface area contributed by atoms with E-state index >= 15 is 0 Å². The second kappa shape index (κ2) is 13.5. The Labute approximate surface area is 242 Å². The molecule has 3 rings (SSSR count). The molecule has 0 aliphatic carbocycles. The van der Waals surface area contributed by atoms with Crippen LogP contribution in [-0.2, 0) is 26.2 Å². The molecule has 2 amide bonds. The highest BCUT2D eigenvalue weighted by Crippen LogP contribution is 2.26. The van der Waals surface area contributed by atoms with E-state index in [2.05, 4.69) is 21.2 Å². The van der Waals surface area contributed by atoms with E-state index in [1.165, 1.54) is 41.3 Å². The molecule has 10 nitrogen and oxygen atoms in total. The van der Waals surface area contributed by atoms with E-state index < -0.39 is 33.4 Å². The molecule has 3 aromatic rings. The van der Waals surface area contributed by atoms with Crippen LogP contribution in [0.4, 0.5) is 11.4 Å². The number of nitro groups is 1. The SMILES string of the molecule is CC[C@@H](C)NC(=O)[C@@H](C)N(Cc1cccc(Br)c1)C(=O)CN(c1ccc([N+](=O)[O-])cc1)S(=O)(=O)c1ccccc1. The van der Waals surface area contributed by atoms with Crippen molar-refractivity contribution in [3.8, 4) is 0 Å². The lowest BCUT2D eigenvalue weighted by Gasteiger charge is -2.32. The Kier molecular flexibility index (Phi) is 10.4. The lowest BCUT2D eigenvalue weighted by Crippen LogP contribution is -2.52. The summed E-state index contributed by atoms with van der Waals surface area (Å²) in [6, 6.07) is 18.7. The van der Waals surface area contributed by atoms with Gasteiger partial charge in [-0.3, -0.25) is 24.0 Å². The summed E-state index contributed by atoms with van der Waals surface area (Å²) in [6.45, 7) is 4.79. The van der Waals surface area contributed by atoms with E-state index in [1.807, 2.05) is 26.0 Å². The zero-order valence-corrected chi connectivity index (χ0v) is 24.8. The van der Waals surface area contributed by atoms with E-state index in [4.69, 9.17) is 0 Å². The van der Waals surface area contributed by atoms with Crippen LogP contribution in [0.1, 0.15) is 32.8 Å². The number of hydrogen-bond donors (Lipinski definition) is 1. The Bertz CT molecular complexity index is 1450. The van der Waals surface area contributed by atoms with E-state index in [-0.39, 0.29) is 34.8 Å². The summed E-state index contributed by atoms with van der Waals surface area (Å²) in [6.07, 6.45) is 0.696. The van der Waals surface area contributed by atoms with Crippen molar-refractivity contribution in [2.45, 2.75) is 50.7 Å². The average Bonchev–Trinajstić information content (AvgIpc) is 2.94. The Morgan fingerprint density at radius 3 is 2.23 bits per heavy atom. The number of nitrogens with zero attached hydrogens (tertiary/aromatic N) is 3. The van der Waals surface area contributed by atoms with Crippen LogP contribution >= 0.6 is 15.9 Å². The van der Waals surface area contributed by atoms with Crippen LogP contribution in [0.15, 0.2) is 88.2 Å². The quantitative estimate of drug-likeness (QED) is 0.224. The number of carbonyl (C=O) groups is 2. The highest BCUT2D eigenvalue weighted by Gasteiger charge is 2.33. The predicted octanol–water partition coefficient (Wildman–Crippen LogP) is 4.88. The van der Waals surface area contributed by atoms with Gasteiger partial charge in [0.2, 0.25) is 11.8 Å². The maximum atomic E-state index is 13.9. The average molecular weight is 632 g/mol. The third-order valence-electron chi connectivity index (χ3n) is 6.37. The van der Waals surface area contributed by atoms with E-state index in [0.29, 0.717) is 6.42 Å². The van der Waals surface area contributed by atoms with Crippen molar-refractivity contribution in [1.29, 1.82) is 0 Å². The molecule has 40 heavy (non-hydrogen) atoms. The number of carbonyl (C=O) groups excluding carboxylic acids is 2. The lowest BCUT2D eigenvalue weighted by atomic mass is 10.1. The van der Waals surface area contributed by atoms with Crippen LogP contribution in [0.2, 0.25) is 0 Å². The standard InChI is InChI=1S/C28H31BrN4O6S/c1-4-20(2)30-28(35)21(3)31(18-22-9-8-10-23(29)17-22)27(34)19-32(24-13-15-25(16-14-24)33(36)37)40(38,39)26-11-6-5-7-12-26/h5-17,20-21H,4,18-19H2,1-3H3,(H,30,35)/t20-,21-/m1/s1. The normalized spacial score (nSPS) is 12.7. The number of amides is 2. The molecule has 0 radical (unpaired) electrons. The maximum Gasteiger partial charge on any atom is 0.269 e. The number of halogens is 1. The highest BCUT2D eigenvalue weighted by atomic mass is 79.9. The predicted molar refractivity (Wildman–Crippen MR) is 156 cm³/mol. The van der Waals surface area contributed by atoms with Crippen LogP contribution in [0.3, 0.4) is 0 Å². The number of sulfonamides is 1. The second-order valence-corrected chi connectivity index (χ2v) is 12.0.